The lowest BCUT2D eigenvalue weighted by Crippen LogP contribution is -2.60. The molecule has 33 heteroatoms. The number of aliphatic carboxylic acids is 2. The Kier molecular flexibility index (Phi) is 31.0. The highest BCUT2D eigenvalue weighted by molar-refractivity contribution is 7.80. The van der Waals surface area contributed by atoms with Crippen molar-refractivity contribution >= 4 is 95.6 Å². The van der Waals surface area contributed by atoms with E-state index in [2.05, 4.69) is 65.1 Å². The molecule has 2 saturated heterocycles. The Labute approximate surface area is 481 Å². The van der Waals surface area contributed by atoms with Gasteiger partial charge in [0.25, 0.3) is 0 Å². The minimum absolute atomic E-state index is 0.0359. The predicted molar refractivity (Wildman–Crippen MR) is 301 cm³/mol. The number of carboxylic acids is 2. The summed E-state index contributed by atoms with van der Waals surface area (Å²) in [5, 5.41) is 38.4. The van der Waals surface area contributed by atoms with Gasteiger partial charge in [-0.1, -0.05) is 27.7 Å². The average molecular weight is 1180 g/mol. The molecule has 82 heavy (non-hydrogen) atoms. The average Bonchev–Trinajstić information content (AvgIpc) is 4.31. The second-order valence-electron chi connectivity index (χ2n) is 20.5. The first-order valence-corrected chi connectivity index (χ1v) is 27.8. The van der Waals surface area contributed by atoms with Gasteiger partial charge in [0, 0.05) is 31.9 Å². The standard InChI is InChI=1S/C49H86N18O14S/c1-25(2)37(45(79)59-23-36(71)72)65-42(76)30(21-35(69)70)62-44(78)33-15-10-20-67(33)47(81)38(26(3)4)64-34(68)22-58-40(74)31(24-82)63-41(75)28(13-8-18-57-49(54)55)60-43(77)32-14-9-19-66(32)46(80)29(12-5-6-16-50)61-39(73)27(51)11-7-17-56-48(52)53/h25-33,37-38,82H,5-24,50-51H2,1-4H3,(H,58,74)(H,59,79)(H,60,77)(H,61,73)(H,62,78)(H,63,75)(H,64,68)(H,65,76)(H,69,70)(H,71,72)(H4,52,53,56)(H4,54,55,57)/t27-,28-,29-,30-,31-,32-,33-,37-,38-/m0/s1. The van der Waals surface area contributed by atoms with E-state index in [1.165, 1.54) is 9.80 Å². The Morgan fingerprint density at radius 3 is 1.56 bits per heavy atom. The molecule has 9 atom stereocenters. The molecule has 32 nitrogen and oxygen atoms in total. The van der Waals surface area contributed by atoms with E-state index in [4.69, 9.17) is 39.5 Å². The number of unbranched alkanes of at least 4 members (excludes halogenated alkanes) is 1. The van der Waals surface area contributed by atoms with Crippen LogP contribution in [0.1, 0.15) is 105 Å². The summed E-state index contributed by atoms with van der Waals surface area (Å²) >= 11 is 4.24. The lowest BCUT2D eigenvalue weighted by atomic mass is 10.0. The molecular weight excluding hydrogens is 1100 g/mol. The Morgan fingerprint density at radius 2 is 1.05 bits per heavy atom. The van der Waals surface area contributed by atoms with E-state index in [1.54, 1.807) is 27.7 Å². The van der Waals surface area contributed by atoms with E-state index in [0.717, 1.165) is 0 Å². The molecule has 0 bridgehead atoms. The van der Waals surface area contributed by atoms with E-state index in [-0.39, 0.29) is 82.4 Å². The van der Waals surface area contributed by atoms with Crippen LogP contribution in [-0.4, -0.2) is 209 Å². The number of carboxylic acid groups (broad SMARTS) is 2. The number of nitrogens with zero attached hydrogens (tertiary/aromatic N) is 4. The molecule has 0 unspecified atom stereocenters. The number of hydrogen-bond acceptors (Lipinski definition) is 17. The number of thiol groups is 1. The van der Waals surface area contributed by atoms with Gasteiger partial charge in [-0.2, -0.15) is 12.6 Å². The first kappa shape index (κ1) is 70.6. The molecule has 22 N–H and O–H groups in total. The maximum Gasteiger partial charge on any atom is 0.322 e. The van der Waals surface area contributed by atoms with Gasteiger partial charge in [-0.05, 0) is 89.0 Å². The van der Waals surface area contributed by atoms with E-state index >= 15 is 0 Å². The fourth-order valence-electron chi connectivity index (χ4n) is 8.91. The van der Waals surface area contributed by atoms with Crippen LogP contribution in [0.2, 0.25) is 0 Å². The third kappa shape index (κ3) is 24.3. The normalized spacial score (nSPS) is 17.3. The monoisotopic (exact) mass is 1180 g/mol. The minimum atomic E-state index is -1.72. The number of nitrogens with one attached hydrogen (secondary N) is 8. The number of aliphatic imine (C=N–C) groups is 2. The van der Waals surface area contributed by atoms with Crippen LogP contribution < -0.4 is 76.9 Å². The SMILES string of the molecule is CC(C)[C@H](NC(=O)[C@H](CC(=O)O)NC(=O)[C@@H]1CCCN1C(=O)[C@@H](NC(=O)CNC(=O)[C@H](CS)NC(=O)[C@H](CCCN=C(N)N)NC(=O)[C@@H]1CCCN1C(=O)[C@H](CCCCN)NC(=O)[C@@H](N)CCCN=C(N)N)C(C)C)C(=O)NCC(=O)O. The molecule has 0 saturated carbocycles. The molecular formula is C49H86N18O14S. The zero-order valence-corrected chi connectivity index (χ0v) is 47.9. The van der Waals surface area contributed by atoms with Gasteiger partial charge in [-0.25, -0.2) is 0 Å². The summed E-state index contributed by atoms with van der Waals surface area (Å²) in [4.78, 5) is 169. The van der Waals surface area contributed by atoms with Gasteiger partial charge >= 0.3 is 11.9 Å². The van der Waals surface area contributed by atoms with Crippen molar-refractivity contribution in [3.63, 3.8) is 0 Å². The number of carbonyl (C=O) groups excluding carboxylic acids is 10. The predicted octanol–water partition coefficient (Wildman–Crippen LogP) is -6.53. The molecule has 0 aromatic heterocycles. The third-order valence-electron chi connectivity index (χ3n) is 13.3. The maximum absolute atomic E-state index is 14.1. The van der Waals surface area contributed by atoms with Gasteiger partial charge in [0.1, 0.15) is 54.9 Å². The molecule has 0 aromatic rings. The highest BCUT2D eigenvalue weighted by Crippen LogP contribution is 2.23. The van der Waals surface area contributed by atoms with Gasteiger partial charge in [0.2, 0.25) is 59.1 Å². The molecule has 0 aromatic carbocycles. The summed E-state index contributed by atoms with van der Waals surface area (Å²) in [5.74, 6) is -12.5. The number of hydrogen-bond donors (Lipinski definition) is 17. The van der Waals surface area contributed by atoms with Crippen LogP contribution in [0.3, 0.4) is 0 Å². The van der Waals surface area contributed by atoms with Crippen molar-refractivity contribution in [2.45, 2.75) is 159 Å². The maximum atomic E-state index is 14.1. The van der Waals surface area contributed by atoms with Crippen molar-refractivity contribution in [3.05, 3.63) is 0 Å². The Morgan fingerprint density at radius 1 is 0.549 bits per heavy atom. The van der Waals surface area contributed by atoms with Gasteiger partial charge in [0.15, 0.2) is 11.9 Å². The third-order valence-corrected chi connectivity index (χ3v) is 13.6. The van der Waals surface area contributed by atoms with Crippen LogP contribution in [0.5, 0.6) is 0 Å². The summed E-state index contributed by atoms with van der Waals surface area (Å²) in [7, 11) is 0. The van der Waals surface area contributed by atoms with Crippen molar-refractivity contribution in [2.75, 3.05) is 51.6 Å². The summed E-state index contributed by atoms with van der Waals surface area (Å²) < 4.78 is 0. The second kappa shape index (κ2) is 36.0. The van der Waals surface area contributed by atoms with Crippen LogP contribution in [0.25, 0.3) is 0 Å². The Bertz CT molecular complexity index is 2300. The molecule has 2 aliphatic heterocycles. The molecule has 2 heterocycles. The lowest BCUT2D eigenvalue weighted by molar-refractivity contribution is -0.144. The zero-order valence-electron chi connectivity index (χ0n) is 47.0. The van der Waals surface area contributed by atoms with Crippen LogP contribution in [-0.2, 0) is 57.5 Å². The summed E-state index contributed by atoms with van der Waals surface area (Å²) in [5.41, 5.74) is 33.6. The Hall–Kier alpha value is -7.55. The molecule has 2 aliphatic rings. The van der Waals surface area contributed by atoms with E-state index in [9.17, 15) is 62.6 Å². The van der Waals surface area contributed by atoms with Gasteiger partial charge in [-0.15, -0.1) is 0 Å². The molecule has 2 rings (SSSR count). The van der Waals surface area contributed by atoms with Gasteiger partial charge < -0.3 is 96.9 Å². The smallest absolute Gasteiger partial charge is 0.322 e. The fraction of sp³-hybridized carbons (Fsp3) is 0.714. The van der Waals surface area contributed by atoms with Crippen LogP contribution in [0.4, 0.5) is 0 Å². The summed E-state index contributed by atoms with van der Waals surface area (Å²) in [6, 6.07) is -11.3. The van der Waals surface area contributed by atoms with Gasteiger partial charge in [0.05, 0.1) is 19.0 Å². The highest BCUT2D eigenvalue weighted by Gasteiger charge is 2.42. The second-order valence-corrected chi connectivity index (χ2v) is 20.9. The zero-order chi connectivity index (χ0) is 61.8. The number of rotatable bonds is 36. The number of amides is 10. The summed E-state index contributed by atoms with van der Waals surface area (Å²) in [6.45, 7) is 5.68. The van der Waals surface area contributed by atoms with Gasteiger partial charge in [-0.3, -0.25) is 67.5 Å². The molecule has 0 spiro atoms. The van der Waals surface area contributed by atoms with Crippen LogP contribution in [0.15, 0.2) is 9.98 Å². The molecule has 10 amide bonds. The molecule has 2 fully saturated rings. The van der Waals surface area contributed by atoms with Crippen molar-refractivity contribution < 1.29 is 67.7 Å². The molecule has 0 aliphatic carbocycles. The first-order valence-electron chi connectivity index (χ1n) is 27.2. The Balaban J connectivity index is 2.20. The van der Waals surface area contributed by atoms with Crippen LogP contribution >= 0.6 is 12.6 Å². The van der Waals surface area contributed by atoms with E-state index in [0.29, 0.717) is 38.6 Å². The van der Waals surface area contributed by atoms with E-state index < -0.39 is 157 Å². The van der Waals surface area contributed by atoms with Crippen molar-refractivity contribution in [1.29, 1.82) is 0 Å². The first-order chi connectivity index (χ1) is 38.6. The molecule has 462 valence electrons. The topological polar surface area (TPSA) is 529 Å². The minimum Gasteiger partial charge on any atom is -0.481 e. The number of carbonyl (C=O) groups is 12. The quantitative estimate of drug-likeness (QED) is 0.0120. The lowest BCUT2D eigenvalue weighted by Gasteiger charge is -2.31. The number of nitrogens with two attached hydrogens (primary N) is 6. The van der Waals surface area contributed by atoms with E-state index in [1.807, 2.05) is 0 Å². The highest BCUT2D eigenvalue weighted by atomic mass is 32.1. The molecule has 0 radical (unpaired) electrons. The number of guanidine groups is 2. The van der Waals surface area contributed by atoms with Crippen LogP contribution in [0, 0.1) is 11.8 Å². The largest absolute Gasteiger partial charge is 0.481 e. The fourth-order valence-corrected chi connectivity index (χ4v) is 9.17. The van der Waals surface area contributed by atoms with Crippen molar-refractivity contribution in [2.24, 2.45) is 56.2 Å². The summed E-state index contributed by atoms with van der Waals surface area (Å²) in [6.07, 6.45) is 2.06. The number of likely N-dealkylation sites (tertiary alicyclic amines) is 2. The van der Waals surface area contributed by atoms with Crippen molar-refractivity contribution in [3.8, 4) is 0 Å². The van der Waals surface area contributed by atoms with Crippen molar-refractivity contribution in [1.82, 2.24) is 52.3 Å².